The average Bonchev–Trinajstić information content (AvgIpc) is 3.06. The van der Waals surface area contributed by atoms with E-state index >= 15 is 0 Å². The van der Waals surface area contributed by atoms with Gasteiger partial charge < -0.3 is 16.0 Å². The summed E-state index contributed by atoms with van der Waals surface area (Å²) < 4.78 is 0. The van der Waals surface area contributed by atoms with Crippen LogP contribution in [0.1, 0.15) is 49.2 Å². The first-order chi connectivity index (χ1) is 11.1. The zero-order chi connectivity index (χ0) is 16.9. The number of guanidine groups is 1. The van der Waals surface area contributed by atoms with Gasteiger partial charge in [0.25, 0.3) is 5.91 Å². The highest BCUT2D eigenvalue weighted by Gasteiger charge is 2.04. The smallest absolute Gasteiger partial charge is 0.261 e. The Balaban J connectivity index is 0.00000529. The second-order valence-electron chi connectivity index (χ2n) is 5.90. The normalized spacial score (nSPS) is 11.1. The van der Waals surface area contributed by atoms with Crippen LogP contribution in [0.15, 0.2) is 22.5 Å². The molecule has 0 unspecified atom stereocenters. The van der Waals surface area contributed by atoms with Crippen molar-refractivity contribution < 1.29 is 4.79 Å². The summed E-state index contributed by atoms with van der Waals surface area (Å²) >= 11 is 1.46. The Labute approximate surface area is 167 Å². The van der Waals surface area contributed by atoms with E-state index in [1.54, 1.807) is 7.05 Å². The summed E-state index contributed by atoms with van der Waals surface area (Å²) in [7, 11) is 1.78. The topological polar surface area (TPSA) is 65.5 Å². The van der Waals surface area contributed by atoms with Crippen LogP contribution in [-0.4, -0.2) is 38.5 Å². The number of hydrogen-bond acceptors (Lipinski definition) is 3. The van der Waals surface area contributed by atoms with Crippen LogP contribution < -0.4 is 16.0 Å². The Bertz CT molecular complexity index is 463. The second kappa shape index (κ2) is 14.5. The molecule has 138 valence electrons. The fourth-order valence-corrected chi connectivity index (χ4v) is 2.74. The van der Waals surface area contributed by atoms with Crippen molar-refractivity contribution in [2.45, 2.75) is 39.5 Å². The van der Waals surface area contributed by atoms with E-state index in [4.69, 9.17) is 0 Å². The number of rotatable bonds is 10. The number of unbranched alkanes of at least 4 members (excludes halogenated alkanes) is 1. The van der Waals surface area contributed by atoms with Gasteiger partial charge in [-0.1, -0.05) is 32.8 Å². The molecule has 0 aliphatic heterocycles. The van der Waals surface area contributed by atoms with Crippen molar-refractivity contribution in [3.8, 4) is 0 Å². The lowest BCUT2D eigenvalue weighted by Crippen LogP contribution is -2.39. The molecule has 0 bridgehead atoms. The molecular weight excluding hydrogens is 435 g/mol. The van der Waals surface area contributed by atoms with Crippen molar-refractivity contribution >= 4 is 47.2 Å². The molecule has 1 aromatic rings. The molecule has 0 aliphatic carbocycles. The lowest BCUT2D eigenvalue weighted by atomic mass is 10.1. The molecule has 1 rings (SSSR count). The summed E-state index contributed by atoms with van der Waals surface area (Å²) in [5.41, 5.74) is 0. The maximum Gasteiger partial charge on any atom is 0.261 e. The van der Waals surface area contributed by atoms with Crippen LogP contribution in [0.2, 0.25) is 0 Å². The Morgan fingerprint density at radius 3 is 2.38 bits per heavy atom. The maximum atomic E-state index is 11.8. The monoisotopic (exact) mass is 466 g/mol. The molecule has 0 radical (unpaired) electrons. The van der Waals surface area contributed by atoms with Gasteiger partial charge in [-0.15, -0.1) is 35.3 Å². The van der Waals surface area contributed by atoms with Crippen LogP contribution in [0.3, 0.4) is 0 Å². The Kier molecular flexibility index (Phi) is 14.0. The fraction of sp³-hybridized carbons (Fsp3) is 0.647. The van der Waals surface area contributed by atoms with Crippen LogP contribution in [0, 0.1) is 5.92 Å². The first-order valence-corrected chi connectivity index (χ1v) is 9.27. The van der Waals surface area contributed by atoms with Crippen molar-refractivity contribution in [1.29, 1.82) is 0 Å². The van der Waals surface area contributed by atoms with E-state index < -0.39 is 0 Å². The van der Waals surface area contributed by atoms with Crippen molar-refractivity contribution in [1.82, 2.24) is 16.0 Å². The molecule has 5 nitrogen and oxygen atoms in total. The molecule has 0 saturated carbocycles. The van der Waals surface area contributed by atoms with Crippen molar-refractivity contribution in [2.75, 3.05) is 26.7 Å². The summed E-state index contributed by atoms with van der Waals surface area (Å²) in [5.74, 6) is 1.61. The highest BCUT2D eigenvalue weighted by Crippen LogP contribution is 2.07. The molecule has 24 heavy (non-hydrogen) atoms. The van der Waals surface area contributed by atoms with Gasteiger partial charge in [0.15, 0.2) is 5.96 Å². The number of nitrogens with one attached hydrogen (secondary N) is 3. The number of halogens is 1. The maximum absolute atomic E-state index is 11.8. The van der Waals surface area contributed by atoms with Crippen molar-refractivity contribution in [3.05, 3.63) is 22.4 Å². The van der Waals surface area contributed by atoms with Crippen LogP contribution >= 0.6 is 35.3 Å². The predicted octanol–water partition coefficient (Wildman–Crippen LogP) is 3.48. The third kappa shape index (κ3) is 10.9. The lowest BCUT2D eigenvalue weighted by molar-refractivity contribution is 0.0957. The van der Waals surface area contributed by atoms with Gasteiger partial charge in [-0.3, -0.25) is 9.79 Å². The van der Waals surface area contributed by atoms with Gasteiger partial charge >= 0.3 is 0 Å². The molecule has 1 aromatic heterocycles. The largest absolute Gasteiger partial charge is 0.356 e. The third-order valence-corrected chi connectivity index (χ3v) is 4.27. The molecule has 0 fully saturated rings. The number of hydrogen-bond donors (Lipinski definition) is 3. The molecule has 1 amide bonds. The minimum absolute atomic E-state index is 0. The summed E-state index contributed by atoms with van der Waals surface area (Å²) in [5, 5.41) is 11.4. The molecule has 0 aromatic carbocycles. The quantitative estimate of drug-likeness (QED) is 0.214. The number of carbonyl (C=O) groups excluding carboxylic acids is 1. The predicted molar refractivity (Wildman–Crippen MR) is 115 cm³/mol. The second-order valence-corrected chi connectivity index (χ2v) is 6.85. The molecule has 3 N–H and O–H groups in total. The zero-order valence-corrected chi connectivity index (χ0v) is 18.1. The molecule has 7 heteroatoms. The van der Waals surface area contributed by atoms with Gasteiger partial charge in [0.1, 0.15) is 0 Å². The summed E-state index contributed by atoms with van der Waals surface area (Å²) in [6, 6.07) is 3.72. The summed E-state index contributed by atoms with van der Waals surface area (Å²) in [6.45, 7) is 6.91. The minimum Gasteiger partial charge on any atom is -0.356 e. The van der Waals surface area contributed by atoms with E-state index in [-0.39, 0.29) is 29.9 Å². The fourth-order valence-electron chi connectivity index (χ4n) is 2.10. The average molecular weight is 466 g/mol. The highest BCUT2D eigenvalue weighted by molar-refractivity contribution is 14.0. The summed E-state index contributed by atoms with van der Waals surface area (Å²) in [6.07, 6.45) is 4.55. The van der Waals surface area contributed by atoms with E-state index in [1.807, 2.05) is 17.5 Å². The third-order valence-electron chi connectivity index (χ3n) is 3.40. The number of carbonyl (C=O) groups is 1. The first kappa shape index (κ1) is 23.2. The molecular formula is C17H31IN4OS. The number of amides is 1. The van der Waals surface area contributed by atoms with Crippen LogP contribution in [0.25, 0.3) is 0 Å². The van der Waals surface area contributed by atoms with Gasteiger partial charge in [-0.25, -0.2) is 0 Å². The first-order valence-electron chi connectivity index (χ1n) is 8.39. The van der Waals surface area contributed by atoms with Gasteiger partial charge in [-0.2, -0.15) is 0 Å². The van der Waals surface area contributed by atoms with E-state index in [2.05, 4.69) is 34.8 Å². The van der Waals surface area contributed by atoms with Crippen molar-refractivity contribution in [2.24, 2.45) is 10.9 Å². The van der Waals surface area contributed by atoms with Crippen LogP contribution in [0.5, 0.6) is 0 Å². The summed E-state index contributed by atoms with van der Waals surface area (Å²) in [4.78, 5) is 16.7. The van der Waals surface area contributed by atoms with Gasteiger partial charge in [-0.05, 0) is 30.2 Å². The SMILES string of the molecule is CN=C(NCCCCC(C)C)NCCCNC(=O)c1cccs1.I. The highest BCUT2D eigenvalue weighted by atomic mass is 127. The Hall–Kier alpha value is -0.830. The number of aliphatic imine (C=N–C) groups is 1. The number of thiophene rings is 1. The van der Waals surface area contributed by atoms with Gasteiger partial charge in [0, 0.05) is 26.7 Å². The molecule has 0 atom stereocenters. The van der Waals surface area contributed by atoms with Gasteiger partial charge in [0.2, 0.25) is 0 Å². The van der Waals surface area contributed by atoms with Crippen LogP contribution in [-0.2, 0) is 0 Å². The molecule has 0 spiro atoms. The van der Waals surface area contributed by atoms with Crippen LogP contribution in [0.4, 0.5) is 0 Å². The Morgan fingerprint density at radius 1 is 1.12 bits per heavy atom. The van der Waals surface area contributed by atoms with E-state index in [0.29, 0.717) is 6.54 Å². The van der Waals surface area contributed by atoms with Gasteiger partial charge in [0.05, 0.1) is 4.88 Å². The standard InChI is InChI=1S/C17H30N4OS.HI/c1-14(2)8-4-5-10-20-17(18-3)21-12-7-11-19-16(22)15-9-6-13-23-15;/h6,9,13-14H,4-5,7-8,10-12H2,1-3H3,(H,19,22)(H2,18,20,21);1H. The lowest BCUT2D eigenvalue weighted by Gasteiger charge is -2.12. The zero-order valence-electron chi connectivity index (χ0n) is 14.9. The molecule has 0 saturated heterocycles. The van der Waals surface area contributed by atoms with E-state index in [0.717, 1.165) is 42.7 Å². The molecule has 0 aliphatic rings. The molecule has 1 heterocycles. The van der Waals surface area contributed by atoms with Crippen molar-refractivity contribution in [3.63, 3.8) is 0 Å². The Morgan fingerprint density at radius 2 is 1.79 bits per heavy atom. The van der Waals surface area contributed by atoms with E-state index in [1.165, 1.54) is 24.2 Å². The number of nitrogens with zero attached hydrogens (tertiary/aromatic N) is 1. The van der Waals surface area contributed by atoms with E-state index in [9.17, 15) is 4.79 Å². The minimum atomic E-state index is 0.